The average molecular weight is 491 g/mol. The lowest BCUT2D eigenvalue weighted by atomic mass is 10.1. The van der Waals surface area contributed by atoms with E-state index in [0.717, 1.165) is 29.3 Å². The number of nitrogens with zero attached hydrogens (tertiary/aromatic N) is 2. The summed E-state index contributed by atoms with van der Waals surface area (Å²) in [5, 5.41) is 7.24. The smallest absolute Gasteiger partial charge is 0.213 e. The molecule has 0 aliphatic rings. The number of ether oxygens (including phenoxy) is 2. The molecular formula is C18H24ClIN4O2. The van der Waals surface area contributed by atoms with Crippen molar-refractivity contribution in [3.05, 3.63) is 52.7 Å². The Labute approximate surface area is 176 Å². The number of hydrogen-bond acceptors (Lipinski definition) is 4. The monoisotopic (exact) mass is 490 g/mol. The Hall–Kier alpha value is -1.74. The Morgan fingerprint density at radius 3 is 2.62 bits per heavy atom. The van der Waals surface area contributed by atoms with Crippen LogP contribution in [0, 0.1) is 0 Å². The SMILES string of the molecule is CN=C(NCCc1ccc(OC)cc1Cl)NCc1ccnc(OC)c1.I. The number of guanidine groups is 1. The Morgan fingerprint density at radius 2 is 1.96 bits per heavy atom. The molecule has 0 aliphatic carbocycles. The molecule has 2 aromatic rings. The van der Waals surface area contributed by atoms with Crippen LogP contribution in [0.3, 0.4) is 0 Å². The number of halogens is 2. The molecule has 0 saturated carbocycles. The molecule has 1 heterocycles. The van der Waals surface area contributed by atoms with Gasteiger partial charge in [0.1, 0.15) is 5.75 Å². The Bertz CT molecular complexity index is 728. The first-order chi connectivity index (χ1) is 12.2. The zero-order chi connectivity index (χ0) is 18.1. The highest BCUT2D eigenvalue weighted by Gasteiger charge is 2.04. The molecule has 1 aromatic carbocycles. The zero-order valence-electron chi connectivity index (χ0n) is 15.1. The third-order valence-corrected chi connectivity index (χ3v) is 3.99. The van der Waals surface area contributed by atoms with Crippen molar-refractivity contribution < 1.29 is 9.47 Å². The van der Waals surface area contributed by atoms with Gasteiger partial charge in [0.05, 0.1) is 14.2 Å². The first-order valence-electron chi connectivity index (χ1n) is 7.92. The maximum atomic E-state index is 6.26. The standard InChI is InChI=1S/C18H23ClN4O2.HI/c1-20-18(23-12-13-6-8-21-17(10-13)25-3)22-9-7-14-4-5-15(24-2)11-16(14)19;/h4-6,8,10-11H,7,9,12H2,1-3H3,(H2,20,22,23);1H. The van der Waals surface area contributed by atoms with E-state index in [1.165, 1.54) is 0 Å². The first kappa shape index (κ1) is 22.3. The predicted molar refractivity (Wildman–Crippen MR) is 116 cm³/mol. The van der Waals surface area contributed by atoms with Gasteiger partial charge in [0.15, 0.2) is 5.96 Å². The fraction of sp³-hybridized carbons (Fsp3) is 0.333. The lowest BCUT2D eigenvalue weighted by Gasteiger charge is -2.13. The molecule has 0 bridgehead atoms. The highest BCUT2D eigenvalue weighted by molar-refractivity contribution is 14.0. The summed E-state index contributed by atoms with van der Waals surface area (Å²) in [6.07, 6.45) is 2.50. The second-order valence-electron chi connectivity index (χ2n) is 5.27. The molecular weight excluding hydrogens is 467 g/mol. The van der Waals surface area contributed by atoms with Crippen molar-refractivity contribution in [3.63, 3.8) is 0 Å². The minimum absolute atomic E-state index is 0. The number of aliphatic imine (C=N–C) groups is 1. The number of nitrogens with one attached hydrogen (secondary N) is 2. The number of aromatic nitrogens is 1. The van der Waals surface area contributed by atoms with Crippen LogP contribution in [0.25, 0.3) is 0 Å². The molecule has 0 fully saturated rings. The van der Waals surface area contributed by atoms with Gasteiger partial charge >= 0.3 is 0 Å². The summed E-state index contributed by atoms with van der Waals surface area (Å²) in [5.74, 6) is 2.07. The van der Waals surface area contributed by atoms with Gasteiger partial charge in [0, 0.05) is 37.4 Å². The summed E-state index contributed by atoms with van der Waals surface area (Å²) in [4.78, 5) is 8.31. The van der Waals surface area contributed by atoms with Gasteiger partial charge in [0.25, 0.3) is 0 Å². The molecule has 2 N–H and O–H groups in total. The lowest BCUT2D eigenvalue weighted by molar-refractivity contribution is 0.397. The van der Waals surface area contributed by atoms with Crippen molar-refractivity contribution >= 4 is 41.5 Å². The van der Waals surface area contributed by atoms with Crippen LogP contribution in [0.4, 0.5) is 0 Å². The Morgan fingerprint density at radius 1 is 1.15 bits per heavy atom. The summed E-state index contributed by atoms with van der Waals surface area (Å²) in [5.41, 5.74) is 2.12. The van der Waals surface area contributed by atoms with E-state index in [0.29, 0.717) is 24.0 Å². The molecule has 26 heavy (non-hydrogen) atoms. The van der Waals surface area contributed by atoms with E-state index in [1.807, 2.05) is 30.3 Å². The number of methoxy groups -OCH3 is 2. The molecule has 6 nitrogen and oxygen atoms in total. The van der Waals surface area contributed by atoms with Crippen LogP contribution in [-0.2, 0) is 13.0 Å². The topological polar surface area (TPSA) is 67.8 Å². The van der Waals surface area contributed by atoms with E-state index in [9.17, 15) is 0 Å². The number of pyridine rings is 1. The van der Waals surface area contributed by atoms with Crippen molar-refractivity contribution in [1.29, 1.82) is 0 Å². The van der Waals surface area contributed by atoms with E-state index < -0.39 is 0 Å². The molecule has 1 aromatic heterocycles. The number of rotatable bonds is 7. The van der Waals surface area contributed by atoms with Gasteiger partial charge in [-0.25, -0.2) is 4.98 Å². The van der Waals surface area contributed by atoms with Crippen molar-refractivity contribution in [2.45, 2.75) is 13.0 Å². The van der Waals surface area contributed by atoms with E-state index in [2.05, 4.69) is 20.6 Å². The fourth-order valence-electron chi connectivity index (χ4n) is 2.25. The van der Waals surface area contributed by atoms with E-state index in [1.54, 1.807) is 27.5 Å². The average Bonchev–Trinajstić information content (AvgIpc) is 2.65. The molecule has 0 unspecified atom stereocenters. The molecule has 0 saturated heterocycles. The van der Waals surface area contributed by atoms with Gasteiger partial charge in [-0.3, -0.25) is 4.99 Å². The largest absolute Gasteiger partial charge is 0.497 e. The normalized spacial score (nSPS) is 10.7. The minimum Gasteiger partial charge on any atom is -0.497 e. The predicted octanol–water partition coefficient (Wildman–Crippen LogP) is 3.28. The second kappa shape index (κ2) is 11.8. The minimum atomic E-state index is 0. The lowest BCUT2D eigenvalue weighted by Crippen LogP contribution is -2.37. The van der Waals surface area contributed by atoms with E-state index in [-0.39, 0.29) is 24.0 Å². The Kier molecular flexibility index (Phi) is 10.1. The van der Waals surface area contributed by atoms with Crippen molar-refractivity contribution in [2.24, 2.45) is 4.99 Å². The maximum absolute atomic E-state index is 6.26. The highest BCUT2D eigenvalue weighted by Crippen LogP contribution is 2.22. The van der Waals surface area contributed by atoms with Crippen molar-refractivity contribution in [3.8, 4) is 11.6 Å². The fourth-order valence-corrected chi connectivity index (χ4v) is 2.52. The third kappa shape index (κ3) is 6.87. The van der Waals surface area contributed by atoms with Crippen LogP contribution >= 0.6 is 35.6 Å². The first-order valence-corrected chi connectivity index (χ1v) is 8.30. The third-order valence-electron chi connectivity index (χ3n) is 3.64. The van der Waals surface area contributed by atoms with Crippen molar-refractivity contribution in [2.75, 3.05) is 27.8 Å². The van der Waals surface area contributed by atoms with Crippen LogP contribution in [0.5, 0.6) is 11.6 Å². The van der Waals surface area contributed by atoms with E-state index in [4.69, 9.17) is 21.1 Å². The van der Waals surface area contributed by atoms with Crippen LogP contribution in [0.2, 0.25) is 5.02 Å². The summed E-state index contributed by atoms with van der Waals surface area (Å²) in [7, 11) is 4.97. The molecule has 0 aliphatic heterocycles. The van der Waals surface area contributed by atoms with Gasteiger partial charge in [-0.2, -0.15) is 0 Å². The van der Waals surface area contributed by atoms with Crippen LogP contribution in [0.1, 0.15) is 11.1 Å². The van der Waals surface area contributed by atoms with Crippen LogP contribution in [0.15, 0.2) is 41.5 Å². The summed E-state index contributed by atoms with van der Waals surface area (Å²) < 4.78 is 10.3. The Balaban J connectivity index is 0.00000338. The second-order valence-corrected chi connectivity index (χ2v) is 5.67. The molecule has 8 heteroatoms. The zero-order valence-corrected chi connectivity index (χ0v) is 18.2. The summed E-state index contributed by atoms with van der Waals surface area (Å²) >= 11 is 6.26. The van der Waals surface area contributed by atoms with Gasteiger partial charge in [0.2, 0.25) is 5.88 Å². The molecule has 0 radical (unpaired) electrons. The highest BCUT2D eigenvalue weighted by atomic mass is 127. The maximum Gasteiger partial charge on any atom is 0.213 e. The number of hydrogen-bond donors (Lipinski definition) is 2. The summed E-state index contributed by atoms with van der Waals surface area (Å²) in [6.45, 7) is 1.34. The molecule has 2 rings (SSSR count). The molecule has 142 valence electrons. The molecule has 0 atom stereocenters. The van der Waals surface area contributed by atoms with Gasteiger partial charge in [-0.05, 0) is 35.7 Å². The molecule has 0 spiro atoms. The molecule has 0 amide bonds. The van der Waals surface area contributed by atoms with E-state index >= 15 is 0 Å². The summed E-state index contributed by atoms with van der Waals surface area (Å²) in [6, 6.07) is 9.52. The van der Waals surface area contributed by atoms with Gasteiger partial charge < -0.3 is 20.1 Å². The number of benzene rings is 1. The van der Waals surface area contributed by atoms with Crippen molar-refractivity contribution in [1.82, 2.24) is 15.6 Å². The van der Waals surface area contributed by atoms with Gasteiger partial charge in [-0.15, -0.1) is 24.0 Å². The van der Waals surface area contributed by atoms with Crippen LogP contribution in [-0.4, -0.2) is 38.8 Å². The van der Waals surface area contributed by atoms with Crippen LogP contribution < -0.4 is 20.1 Å². The quantitative estimate of drug-likeness (QED) is 0.354. The van der Waals surface area contributed by atoms with Gasteiger partial charge in [-0.1, -0.05) is 17.7 Å².